The van der Waals surface area contributed by atoms with E-state index in [1.165, 1.54) is 6.07 Å². The van der Waals surface area contributed by atoms with Crippen LogP contribution in [0.15, 0.2) is 12.1 Å². The van der Waals surface area contributed by atoms with Crippen LogP contribution in [0.4, 0.5) is 0 Å². The molecule has 0 heterocycles. The molecule has 0 saturated carbocycles. The minimum absolute atomic E-state index is 0.0266. The van der Waals surface area contributed by atoms with Crippen molar-refractivity contribution in [1.82, 2.24) is 5.32 Å². The molecule has 3 nitrogen and oxygen atoms in total. The van der Waals surface area contributed by atoms with Crippen LogP contribution < -0.4 is 5.32 Å². The van der Waals surface area contributed by atoms with Crippen molar-refractivity contribution in [2.24, 2.45) is 0 Å². The lowest BCUT2D eigenvalue weighted by Crippen LogP contribution is -2.28. The number of benzene rings is 1. The molecular weight excluding hydrogens is 237 g/mol. The Morgan fingerprint density at radius 2 is 2.07 bits per heavy atom. The van der Waals surface area contributed by atoms with Crippen molar-refractivity contribution in [2.75, 3.05) is 6.61 Å². The van der Waals surface area contributed by atoms with Crippen LogP contribution in [0.3, 0.4) is 0 Å². The molecule has 0 aliphatic heterocycles. The second kappa shape index (κ2) is 5.56. The molecule has 0 bridgehead atoms. The van der Waals surface area contributed by atoms with Crippen molar-refractivity contribution in [1.29, 1.82) is 0 Å². The standard InChI is InChI=1S/C10H13Cl2NO2/c1-6(5-14)13-4-7-2-8(11)3-9(12)10(7)15/h2-3,6,13-15H,4-5H2,1H3. The topological polar surface area (TPSA) is 52.5 Å². The number of aliphatic hydroxyl groups excluding tert-OH is 1. The van der Waals surface area contributed by atoms with Crippen LogP contribution in [-0.4, -0.2) is 22.9 Å². The zero-order valence-electron chi connectivity index (χ0n) is 8.30. The highest BCUT2D eigenvalue weighted by atomic mass is 35.5. The third kappa shape index (κ3) is 3.54. The number of hydrogen-bond acceptors (Lipinski definition) is 3. The molecule has 1 atom stereocenters. The lowest BCUT2D eigenvalue weighted by atomic mass is 10.2. The summed E-state index contributed by atoms with van der Waals surface area (Å²) in [6, 6.07) is 3.08. The largest absolute Gasteiger partial charge is 0.506 e. The van der Waals surface area contributed by atoms with E-state index in [0.29, 0.717) is 17.1 Å². The second-order valence-corrected chi connectivity index (χ2v) is 4.20. The molecule has 1 rings (SSSR count). The number of hydrogen-bond donors (Lipinski definition) is 3. The summed E-state index contributed by atoms with van der Waals surface area (Å²) in [6.45, 7) is 2.28. The summed E-state index contributed by atoms with van der Waals surface area (Å²) in [5.74, 6) is 0.0266. The molecule has 0 saturated heterocycles. The number of phenolic OH excluding ortho intramolecular Hbond substituents is 1. The quantitative estimate of drug-likeness (QED) is 0.767. The fourth-order valence-electron chi connectivity index (χ4n) is 1.10. The van der Waals surface area contributed by atoms with Gasteiger partial charge in [0, 0.05) is 23.2 Å². The Morgan fingerprint density at radius 3 is 2.67 bits per heavy atom. The van der Waals surface area contributed by atoms with Crippen molar-refractivity contribution in [2.45, 2.75) is 19.5 Å². The zero-order valence-corrected chi connectivity index (χ0v) is 9.81. The van der Waals surface area contributed by atoms with Gasteiger partial charge >= 0.3 is 0 Å². The van der Waals surface area contributed by atoms with Gasteiger partial charge in [-0.25, -0.2) is 0 Å². The SMILES string of the molecule is CC(CO)NCc1cc(Cl)cc(Cl)c1O. The molecule has 1 unspecified atom stereocenters. The first kappa shape index (κ1) is 12.6. The summed E-state index contributed by atoms with van der Waals surface area (Å²) in [5.41, 5.74) is 0.618. The molecule has 0 aliphatic rings. The van der Waals surface area contributed by atoms with Gasteiger partial charge in [-0.15, -0.1) is 0 Å². The Bertz CT molecular complexity index is 344. The van der Waals surface area contributed by atoms with Crippen molar-refractivity contribution < 1.29 is 10.2 Å². The van der Waals surface area contributed by atoms with Crippen LogP contribution in [0, 0.1) is 0 Å². The van der Waals surface area contributed by atoms with Crippen molar-refractivity contribution in [3.8, 4) is 5.75 Å². The minimum Gasteiger partial charge on any atom is -0.506 e. The first-order valence-corrected chi connectivity index (χ1v) is 5.31. The van der Waals surface area contributed by atoms with E-state index in [1.807, 2.05) is 6.92 Å². The molecule has 0 aromatic heterocycles. The maximum absolute atomic E-state index is 9.61. The number of rotatable bonds is 4. The van der Waals surface area contributed by atoms with Gasteiger partial charge < -0.3 is 15.5 Å². The molecule has 15 heavy (non-hydrogen) atoms. The van der Waals surface area contributed by atoms with E-state index in [1.54, 1.807) is 6.07 Å². The van der Waals surface area contributed by atoms with Gasteiger partial charge in [-0.1, -0.05) is 23.2 Å². The van der Waals surface area contributed by atoms with Crippen molar-refractivity contribution in [3.63, 3.8) is 0 Å². The normalized spacial score (nSPS) is 12.8. The average Bonchev–Trinajstić information content (AvgIpc) is 2.20. The van der Waals surface area contributed by atoms with Crippen LogP contribution in [0.5, 0.6) is 5.75 Å². The molecule has 84 valence electrons. The third-order valence-electron chi connectivity index (χ3n) is 2.02. The Labute approximate surface area is 98.6 Å². The zero-order chi connectivity index (χ0) is 11.4. The lowest BCUT2D eigenvalue weighted by molar-refractivity contribution is 0.250. The van der Waals surface area contributed by atoms with Gasteiger partial charge in [0.25, 0.3) is 0 Å². The number of aliphatic hydroxyl groups is 1. The summed E-state index contributed by atoms with van der Waals surface area (Å²) in [4.78, 5) is 0. The van der Waals surface area contributed by atoms with E-state index in [4.69, 9.17) is 28.3 Å². The van der Waals surface area contributed by atoms with Crippen LogP contribution in [0.1, 0.15) is 12.5 Å². The lowest BCUT2D eigenvalue weighted by Gasteiger charge is -2.12. The smallest absolute Gasteiger partial charge is 0.138 e. The highest BCUT2D eigenvalue weighted by Crippen LogP contribution is 2.30. The molecule has 3 N–H and O–H groups in total. The first-order valence-electron chi connectivity index (χ1n) is 4.55. The van der Waals surface area contributed by atoms with E-state index in [2.05, 4.69) is 5.32 Å². The van der Waals surface area contributed by atoms with Crippen LogP contribution in [0.25, 0.3) is 0 Å². The number of halogens is 2. The van der Waals surface area contributed by atoms with Gasteiger partial charge in [-0.2, -0.15) is 0 Å². The van der Waals surface area contributed by atoms with Gasteiger partial charge in [0.2, 0.25) is 0 Å². The second-order valence-electron chi connectivity index (χ2n) is 3.36. The highest BCUT2D eigenvalue weighted by molar-refractivity contribution is 6.35. The van der Waals surface area contributed by atoms with E-state index in [0.717, 1.165) is 0 Å². The van der Waals surface area contributed by atoms with Gasteiger partial charge in [0.05, 0.1) is 11.6 Å². The van der Waals surface area contributed by atoms with Crippen LogP contribution in [-0.2, 0) is 6.54 Å². The average molecular weight is 250 g/mol. The minimum atomic E-state index is -0.0397. The Hall–Kier alpha value is -0.480. The van der Waals surface area contributed by atoms with Gasteiger partial charge in [0.15, 0.2) is 0 Å². The highest BCUT2D eigenvalue weighted by Gasteiger charge is 2.08. The number of phenols is 1. The summed E-state index contributed by atoms with van der Waals surface area (Å²) in [6.07, 6.45) is 0. The maximum Gasteiger partial charge on any atom is 0.138 e. The van der Waals surface area contributed by atoms with E-state index in [9.17, 15) is 5.11 Å². The van der Waals surface area contributed by atoms with Gasteiger partial charge in [0.1, 0.15) is 5.75 Å². The monoisotopic (exact) mass is 249 g/mol. The summed E-state index contributed by atoms with van der Waals surface area (Å²) in [5, 5.41) is 22.2. The van der Waals surface area contributed by atoms with Crippen molar-refractivity contribution >= 4 is 23.2 Å². The first-order chi connectivity index (χ1) is 7.04. The van der Waals surface area contributed by atoms with Gasteiger partial charge in [-0.05, 0) is 19.1 Å². The predicted molar refractivity (Wildman–Crippen MR) is 61.5 cm³/mol. The molecule has 1 aromatic rings. The maximum atomic E-state index is 9.61. The Kier molecular flexibility index (Phi) is 4.67. The Morgan fingerprint density at radius 1 is 1.40 bits per heavy atom. The number of aromatic hydroxyl groups is 1. The fraction of sp³-hybridized carbons (Fsp3) is 0.400. The summed E-state index contributed by atoms with van der Waals surface area (Å²) < 4.78 is 0. The molecule has 0 aliphatic carbocycles. The van der Waals surface area contributed by atoms with E-state index in [-0.39, 0.29) is 23.4 Å². The molecule has 1 aromatic carbocycles. The fourth-order valence-corrected chi connectivity index (χ4v) is 1.64. The molecule has 5 heteroatoms. The van der Waals surface area contributed by atoms with Gasteiger partial charge in [-0.3, -0.25) is 0 Å². The van der Waals surface area contributed by atoms with Crippen LogP contribution in [0.2, 0.25) is 10.0 Å². The number of nitrogens with one attached hydrogen (secondary N) is 1. The molecule has 0 spiro atoms. The van der Waals surface area contributed by atoms with E-state index < -0.39 is 0 Å². The molecule has 0 radical (unpaired) electrons. The predicted octanol–water partition coefficient (Wildman–Crippen LogP) is 2.17. The van der Waals surface area contributed by atoms with Crippen molar-refractivity contribution in [3.05, 3.63) is 27.7 Å². The molecule has 0 fully saturated rings. The summed E-state index contributed by atoms with van der Waals surface area (Å²) >= 11 is 11.6. The Balaban J connectivity index is 2.76. The summed E-state index contributed by atoms with van der Waals surface area (Å²) in [7, 11) is 0. The van der Waals surface area contributed by atoms with E-state index >= 15 is 0 Å². The molecular formula is C10H13Cl2NO2. The van der Waals surface area contributed by atoms with Crippen LogP contribution >= 0.6 is 23.2 Å². The third-order valence-corrected chi connectivity index (χ3v) is 2.53. The molecule has 0 amide bonds.